The van der Waals surface area contributed by atoms with E-state index >= 15 is 0 Å². The van der Waals surface area contributed by atoms with Crippen molar-refractivity contribution in [3.8, 4) is 11.6 Å². The molecule has 124 valence electrons. The van der Waals surface area contributed by atoms with E-state index < -0.39 is 0 Å². The third-order valence-electron chi connectivity index (χ3n) is 3.59. The van der Waals surface area contributed by atoms with Gasteiger partial charge in [-0.15, -0.1) is 5.10 Å². The predicted octanol–water partition coefficient (Wildman–Crippen LogP) is 1.88. The molecule has 0 fully saturated rings. The Morgan fingerprint density at radius 1 is 1.29 bits per heavy atom. The summed E-state index contributed by atoms with van der Waals surface area (Å²) in [6.07, 6.45) is 1.59. The third kappa shape index (κ3) is 2.85. The van der Waals surface area contributed by atoms with E-state index in [-0.39, 0.29) is 11.6 Å². The first-order chi connectivity index (χ1) is 11.5. The molecule has 0 aliphatic rings. The van der Waals surface area contributed by atoms with Gasteiger partial charge in [0.2, 0.25) is 5.88 Å². The number of methoxy groups -OCH3 is 1. The van der Waals surface area contributed by atoms with Gasteiger partial charge in [-0.25, -0.2) is 9.36 Å². The van der Waals surface area contributed by atoms with Crippen molar-refractivity contribution in [2.45, 2.75) is 13.8 Å². The fraction of sp³-hybridized carbons (Fsp3) is 0.250. The van der Waals surface area contributed by atoms with Gasteiger partial charge in [0.1, 0.15) is 5.69 Å². The standard InChI is InChI=1S/C16H18N6O2/c1-10-6-5-7-12(8-10)22-9-13(18-20-22)15(23)17-14-11(2)19-21(3)16(14)24-4/h5-9H,1-4H3,(H,17,23). The highest BCUT2D eigenvalue weighted by Gasteiger charge is 2.19. The molecule has 2 aromatic heterocycles. The zero-order valence-corrected chi connectivity index (χ0v) is 13.9. The van der Waals surface area contributed by atoms with E-state index in [4.69, 9.17) is 4.74 Å². The van der Waals surface area contributed by atoms with Crippen molar-refractivity contribution in [1.29, 1.82) is 0 Å². The maximum atomic E-state index is 12.4. The summed E-state index contributed by atoms with van der Waals surface area (Å²) in [6, 6.07) is 7.78. The van der Waals surface area contributed by atoms with Crippen LogP contribution in [0.3, 0.4) is 0 Å². The van der Waals surface area contributed by atoms with Crippen LogP contribution in [0.2, 0.25) is 0 Å². The Morgan fingerprint density at radius 2 is 2.08 bits per heavy atom. The number of aryl methyl sites for hydroxylation is 3. The number of ether oxygens (including phenoxy) is 1. The largest absolute Gasteiger partial charge is 0.480 e. The van der Waals surface area contributed by atoms with Gasteiger partial charge in [-0.3, -0.25) is 4.79 Å². The first-order valence-corrected chi connectivity index (χ1v) is 7.38. The molecule has 0 aliphatic heterocycles. The first kappa shape index (κ1) is 15.7. The summed E-state index contributed by atoms with van der Waals surface area (Å²) in [7, 11) is 3.27. The Balaban J connectivity index is 1.85. The van der Waals surface area contributed by atoms with Crippen LogP contribution in [0.25, 0.3) is 5.69 Å². The van der Waals surface area contributed by atoms with Crippen LogP contribution in [0.15, 0.2) is 30.5 Å². The second-order valence-electron chi connectivity index (χ2n) is 5.43. The van der Waals surface area contributed by atoms with Crippen molar-refractivity contribution in [3.63, 3.8) is 0 Å². The summed E-state index contributed by atoms with van der Waals surface area (Å²) in [5.74, 6) is 0.107. The molecule has 1 N–H and O–H groups in total. The first-order valence-electron chi connectivity index (χ1n) is 7.38. The van der Waals surface area contributed by atoms with Crippen LogP contribution in [0.5, 0.6) is 5.88 Å². The molecule has 0 unspecified atom stereocenters. The SMILES string of the molecule is COc1c(NC(=O)c2cn(-c3cccc(C)c3)nn2)c(C)nn1C. The van der Waals surface area contributed by atoms with Gasteiger partial charge in [0.15, 0.2) is 5.69 Å². The minimum Gasteiger partial charge on any atom is -0.480 e. The summed E-state index contributed by atoms with van der Waals surface area (Å²) in [4.78, 5) is 12.4. The lowest BCUT2D eigenvalue weighted by molar-refractivity contribution is 0.102. The number of anilines is 1. The minimum atomic E-state index is -0.372. The van der Waals surface area contributed by atoms with Crippen LogP contribution in [-0.4, -0.2) is 37.8 Å². The zero-order valence-electron chi connectivity index (χ0n) is 13.9. The van der Waals surface area contributed by atoms with E-state index in [2.05, 4.69) is 20.7 Å². The average molecular weight is 326 g/mol. The van der Waals surface area contributed by atoms with Crippen molar-refractivity contribution in [2.75, 3.05) is 12.4 Å². The van der Waals surface area contributed by atoms with E-state index in [0.29, 0.717) is 17.3 Å². The van der Waals surface area contributed by atoms with Crippen LogP contribution in [0, 0.1) is 13.8 Å². The van der Waals surface area contributed by atoms with Crippen molar-refractivity contribution in [1.82, 2.24) is 24.8 Å². The number of nitrogens with one attached hydrogen (secondary N) is 1. The normalized spacial score (nSPS) is 10.7. The lowest BCUT2D eigenvalue weighted by Gasteiger charge is -2.05. The highest BCUT2D eigenvalue weighted by Crippen LogP contribution is 2.27. The summed E-state index contributed by atoms with van der Waals surface area (Å²) in [5.41, 5.74) is 3.34. The number of hydrogen-bond donors (Lipinski definition) is 1. The van der Waals surface area contributed by atoms with E-state index in [9.17, 15) is 4.79 Å². The van der Waals surface area contributed by atoms with Crippen LogP contribution in [0.1, 0.15) is 21.7 Å². The van der Waals surface area contributed by atoms with E-state index in [1.807, 2.05) is 31.2 Å². The summed E-state index contributed by atoms with van der Waals surface area (Å²) in [5, 5.41) is 15.0. The topological polar surface area (TPSA) is 86.9 Å². The lowest BCUT2D eigenvalue weighted by Crippen LogP contribution is -2.13. The highest BCUT2D eigenvalue weighted by molar-refractivity contribution is 6.03. The molecule has 0 saturated heterocycles. The second-order valence-corrected chi connectivity index (χ2v) is 5.43. The average Bonchev–Trinajstić information content (AvgIpc) is 3.13. The van der Waals surface area contributed by atoms with E-state index in [1.165, 1.54) is 7.11 Å². The molecule has 0 aliphatic carbocycles. The van der Waals surface area contributed by atoms with Gasteiger partial charge in [-0.1, -0.05) is 17.3 Å². The Kier molecular flexibility index (Phi) is 4.03. The molecular weight excluding hydrogens is 308 g/mol. The summed E-state index contributed by atoms with van der Waals surface area (Å²) < 4.78 is 8.39. The van der Waals surface area contributed by atoms with Crippen LogP contribution in [0.4, 0.5) is 5.69 Å². The summed E-state index contributed by atoms with van der Waals surface area (Å²) in [6.45, 7) is 3.78. The van der Waals surface area contributed by atoms with Gasteiger partial charge in [-0.05, 0) is 31.5 Å². The molecule has 0 atom stereocenters. The smallest absolute Gasteiger partial charge is 0.278 e. The number of rotatable bonds is 4. The van der Waals surface area contributed by atoms with E-state index in [0.717, 1.165) is 11.3 Å². The number of nitrogens with zero attached hydrogens (tertiary/aromatic N) is 5. The highest BCUT2D eigenvalue weighted by atomic mass is 16.5. The van der Waals surface area contributed by atoms with Gasteiger partial charge in [0.05, 0.1) is 24.7 Å². The van der Waals surface area contributed by atoms with Gasteiger partial charge >= 0.3 is 0 Å². The monoisotopic (exact) mass is 326 g/mol. The van der Waals surface area contributed by atoms with Crippen molar-refractivity contribution in [3.05, 3.63) is 47.4 Å². The quantitative estimate of drug-likeness (QED) is 0.791. The Bertz CT molecular complexity index is 896. The molecule has 0 bridgehead atoms. The Hall–Kier alpha value is -3.16. The number of aromatic nitrogens is 5. The predicted molar refractivity (Wildman–Crippen MR) is 88.5 cm³/mol. The maximum Gasteiger partial charge on any atom is 0.278 e. The number of amides is 1. The molecule has 0 spiro atoms. The molecule has 8 heteroatoms. The number of hydrogen-bond acceptors (Lipinski definition) is 5. The van der Waals surface area contributed by atoms with Crippen molar-refractivity contribution >= 4 is 11.6 Å². The molecule has 0 saturated carbocycles. The molecule has 24 heavy (non-hydrogen) atoms. The minimum absolute atomic E-state index is 0.210. The van der Waals surface area contributed by atoms with Crippen LogP contribution in [-0.2, 0) is 7.05 Å². The second kappa shape index (κ2) is 6.15. The molecule has 0 radical (unpaired) electrons. The number of carbonyl (C=O) groups excluding carboxylic acids is 1. The van der Waals surface area contributed by atoms with Gasteiger partial charge in [0, 0.05) is 7.05 Å². The molecular formula is C16H18N6O2. The van der Waals surface area contributed by atoms with Crippen molar-refractivity contribution < 1.29 is 9.53 Å². The van der Waals surface area contributed by atoms with Crippen LogP contribution < -0.4 is 10.1 Å². The Morgan fingerprint density at radius 3 is 2.79 bits per heavy atom. The summed E-state index contributed by atoms with van der Waals surface area (Å²) >= 11 is 0. The molecule has 3 rings (SSSR count). The number of benzene rings is 1. The molecule has 1 amide bonds. The zero-order chi connectivity index (χ0) is 17.3. The molecule has 3 aromatic rings. The van der Waals surface area contributed by atoms with Gasteiger partial charge in [0.25, 0.3) is 5.91 Å². The number of carbonyl (C=O) groups is 1. The van der Waals surface area contributed by atoms with Gasteiger partial charge < -0.3 is 10.1 Å². The molecule has 1 aromatic carbocycles. The maximum absolute atomic E-state index is 12.4. The molecule has 8 nitrogen and oxygen atoms in total. The van der Waals surface area contributed by atoms with Gasteiger partial charge in [-0.2, -0.15) is 5.10 Å². The lowest BCUT2D eigenvalue weighted by atomic mass is 10.2. The third-order valence-corrected chi connectivity index (χ3v) is 3.59. The van der Waals surface area contributed by atoms with Crippen LogP contribution >= 0.6 is 0 Å². The van der Waals surface area contributed by atoms with Crippen molar-refractivity contribution in [2.24, 2.45) is 7.05 Å². The molecule has 2 heterocycles. The van der Waals surface area contributed by atoms with E-state index in [1.54, 1.807) is 29.5 Å². The fourth-order valence-corrected chi connectivity index (χ4v) is 2.46. The fourth-order valence-electron chi connectivity index (χ4n) is 2.46. The Labute approximate surface area is 139 Å².